The van der Waals surface area contributed by atoms with Crippen LogP contribution >= 0.6 is 0 Å². The molecule has 7 nitrogen and oxygen atoms in total. The van der Waals surface area contributed by atoms with Crippen molar-refractivity contribution in [1.29, 1.82) is 0 Å². The van der Waals surface area contributed by atoms with E-state index in [2.05, 4.69) is 4.98 Å². The smallest absolute Gasteiger partial charge is 0.344 e. The summed E-state index contributed by atoms with van der Waals surface area (Å²) in [7, 11) is 1.59. The van der Waals surface area contributed by atoms with Gasteiger partial charge in [-0.15, -0.1) is 0 Å². The largest absolute Gasteiger partial charge is 0.497 e. The summed E-state index contributed by atoms with van der Waals surface area (Å²) in [4.78, 5) is 29.3. The number of fused-ring (bicyclic) bond motifs is 1. The Hall–Kier alpha value is -4.13. The van der Waals surface area contributed by atoms with Crippen molar-refractivity contribution in [3.05, 3.63) is 88.7 Å². The second kappa shape index (κ2) is 9.39. The zero-order chi connectivity index (χ0) is 24.4. The molecule has 0 aliphatic rings. The summed E-state index contributed by atoms with van der Waals surface area (Å²) >= 11 is 0. The highest BCUT2D eigenvalue weighted by Gasteiger charge is 2.23. The molecule has 2 heterocycles. The van der Waals surface area contributed by atoms with Crippen molar-refractivity contribution in [3.8, 4) is 11.5 Å². The Morgan fingerprint density at radius 2 is 1.79 bits per heavy atom. The Labute approximate surface area is 197 Å². The summed E-state index contributed by atoms with van der Waals surface area (Å²) in [6.07, 6.45) is 0.783. The van der Waals surface area contributed by atoms with E-state index in [0.29, 0.717) is 29.2 Å². The number of ether oxygens (including phenoxy) is 2. The van der Waals surface area contributed by atoms with Gasteiger partial charge in [0.05, 0.1) is 12.7 Å². The number of methoxy groups -OCH3 is 1. The first kappa shape index (κ1) is 23.0. The maximum absolute atomic E-state index is 13.6. The van der Waals surface area contributed by atoms with Crippen LogP contribution in [-0.2, 0) is 11.3 Å². The minimum atomic E-state index is -1.03. The zero-order valence-corrected chi connectivity index (χ0v) is 19.5. The van der Waals surface area contributed by atoms with Gasteiger partial charge in [-0.3, -0.25) is 4.79 Å². The molecule has 0 unspecified atom stereocenters. The third kappa shape index (κ3) is 4.37. The van der Waals surface area contributed by atoms with Crippen LogP contribution in [0.2, 0.25) is 0 Å². The molecule has 0 saturated heterocycles. The van der Waals surface area contributed by atoms with E-state index in [0.717, 1.165) is 27.9 Å². The SMILES string of the molecule is COc1ccc(C(=O)c2c(C)n(Cc3cccc(O[C@H](C)C(=O)O)c3)c3nccc(C)c23)cc1. The number of hydrogen-bond acceptors (Lipinski definition) is 5. The van der Waals surface area contributed by atoms with Crippen LogP contribution in [0.1, 0.15) is 39.7 Å². The Balaban J connectivity index is 1.76. The molecule has 174 valence electrons. The van der Waals surface area contributed by atoms with Gasteiger partial charge >= 0.3 is 5.97 Å². The number of ketones is 1. The minimum absolute atomic E-state index is 0.0765. The quantitative estimate of drug-likeness (QED) is 0.382. The van der Waals surface area contributed by atoms with Gasteiger partial charge in [-0.1, -0.05) is 12.1 Å². The number of carboxylic acid groups (broad SMARTS) is 1. The van der Waals surface area contributed by atoms with E-state index in [9.17, 15) is 9.59 Å². The van der Waals surface area contributed by atoms with E-state index in [1.807, 2.05) is 42.7 Å². The number of aromatic nitrogens is 2. The second-order valence-corrected chi connectivity index (χ2v) is 8.18. The van der Waals surface area contributed by atoms with Gasteiger partial charge in [-0.05, 0) is 74.4 Å². The molecule has 0 aliphatic carbocycles. The van der Waals surface area contributed by atoms with Gasteiger partial charge in [0.2, 0.25) is 0 Å². The Morgan fingerprint density at radius 3 is 2.47 bits per heavy atom. The molecule has 1 atom stereocenters. The van der Waals surface area contributed by atoms with E-state index in [1.54, 1.807) is 43.6 Å². The predicted octanol–water partition coefficient (Wildman–Crippen LogP) is 4.79. The van der Waals surface area contributed by atoms with Crippen molar-refractivity contribution >= 4 is 22.8 Å². The molecule has 2 aromatic carbocycles. The van der Waals surface area contributed by atoms with Crippen molar-refractivity contribution in [2.75, 3.05) is 7.11 Å². The highest BCUT2D eigenvalue weighted by molar-refractivity contribution is 6.17. The highest BCUT2D eigenvalue weighted by atomic mass is 16.5. The lowest BCUT2D eigenvalue weighted by atomic mass is 9.99. The van der Waals surface area contributed by atoms with E-state index in [1.165, 1.54) is 6.92 Å². The summed E-state index contributed by atoms with van der Waals surface area (Å²) in [5.74, 6) is 0.0550. The maximum atomic E-state index is 13.6. The fraction of sp³-hybridized carbons (Fsp3) is 0.222. The first-order chi connectivity index (χ1) is 16.3. The van der Waals surface area contributed by atoms with Crippen molar-refractivity contribution in [2.45, 2.75) is 33.4 Å². The molecule has 2 aromatic heterocycles. The molecular weight excluding hydrogens is 432 g/mol. The molecule has 4 rings (SSSR count). The van der Waals surface area contributed by atoms with Gasteiger partial charge < -0.3 is 19.1 Å². The normalized spacial score (nSPS) is 11.9. The third-order valence-electron chi connectivity index (χ3n) is 5.89. The lowest BCUT2D eigenvalue weighted by Gasteiger charge is -2.13. The van der Waals surface area contributed by atoms with Crippen LogP contribution in [0.4, 0.5) is 0 Å². The lowest BCUT2D eigenvalue weighted by Crippen LogP contribution is -2.22. The first-order valence-corrected chi connectivity index (χ1v) is 10.9. The molecular formula is C27H26N2O5. The van der Waals surface area contributed by atoms with Crippen molar-refractivity contribution < 1.29 is 24.2 Å². The fourth-order valence-corrected chi connectivity index (χ4v) is 4.04. The van der Waals surface area contributed by atoms with Crippen LogP contribution < -0.4 is 9.47 Å². The number of benzene rings is 2. The number of carbonyl (C=O) groups excluding carboxylic acids is 1. The summed E-state index contributed by atoms with van der Waals surface area (Å²) in [5.41, 5.74) is 4.60. The molecule has 0 saturated carbocycles. The topological polar surface area (TPSA) is 90.7 Å². The van der Waals surface area contributed by atoms with Crippen LogP contribution in [0, 0.1) is 13.8 Å². The van der Waals surface area contributed by atoms with Crippen LogP contribution in [0.15, 0.2) is 60.8 Å². The van der Waals surface area contributed by atoms with Gasteiger partial charge in [0.25, 0.3) is 0 Å². The molecule has 0 fully saturated rings. The maximum Gasteiger partial charge on any atom is 0.344 e. The monoisotopic (exact) mass is 458 g/mol. The predicted molar refractivity (Wildman–Crippen MR) is 129 cm³/mol. The lowest BCUT2D eigenvalue weighted by molar-refractivity contribution is -0.144. The van der Waals surface area contributed by atoms with Crippen molar-refractivity contribution in [1.82, 2.24) is 9.55 Å². The summed E-state index contributed by atoms with van der Waals surface area (Å²) < 4.78 is 12.8. The molecule has 7 heteroatoms. The van der Waals surface area contributed by atoms with Crippen LogP contribution in [-0.4, -0.2) is 39.6 Å². The second-order valence-electron chi connectivity index (χ2n) is 8.18. The standard InChI is InChI=1S/C27H26N2O5/c1-16-12-13-28-26-23(16)24(25(30)20-8-10-21(33-4)11-9-20)17(2)29(26)15-19-6-5-7-22(14-19)34-18(3)27(31)32/h5-14,18H,15H2,1-4H3,(H,31,32)/t18-/m1/s1. The molecule has 0 bridgehead atoms. The number of carbonyl (C=O) groups is 2. The number of aryl methyl sites for hydroxylation is 1. The number of pyridine rings is 1. The number of nitrogens with zero attached hydrogens (tertiary/aromatic N) is 2. The van der Waals surface area contributed by atoms with E-state index >= 15 is 0 Å². The average Bonchev–Trinajstić information content (AvgIpc) is 3.11. The van der Waals surface area contributed by atoms with Gasteiger partial charge in [0, 0.05) is 29.4 Å². The summed E-state index contributed by atoms with van der Waals surface area (Å²) in [5, 5.41) is 9.96. The van der Waals surface area contributed by atoms with Crippen LogP contribution in [0.5, 0.6) is 11.5 Å². The molecule has 4 aromatic rings. The van der Waals surface area contributed by atoms with E-state index in [-0.39, 0.29) is 5.78 Å². The molecule has 0 aliphatic heterocycles. The number of rotatable bonds is 8. The molecule has 1 N–H and O–H groups in total. The number of carboxylic acids is 1. The third-order valence-corrected chi connectivity index (χ3v) is 5.89. The van der Waals surface area contributed by atoms with Crippen LogP contribution in [0.25, 0.3) is 11.0 Å². The number of aliphatic carboxylic acids is 1. The van der Waals surface area contributed by atoms with E-state index in [4.69, 9.17) is 14.6 Å². The average molecular weight is 459 g/mol. The van der Waals surface area contributed by atoms with Crippen molar-refractivity contribution in [3.63, 3.8) is 0 Å². The molecule has 0 spiro atoms. The van der Waals surface area contributed by atoms with Gasteiger partial charge in [0.15, 0.2) is 11.9 Å². The van der Waals surface area contributed by atoms with Crippen molar-refractivity contribution in [2.24, 2.45) is 0 Å². The minimum Gasteiger partial charge on any atom is -0.497 e. The fourth-order valence-electron chi connectivity index (χ4n) is 4.04. The Kier molecular flexibility index (Phi) is 6.36. The highest BCUT2D eigenvalue weighted by Crippen LogP contribution is 2.31. The molecule has 34 heavy (non-hydrogen) atoms. The Bertz CT molecular complexity index is 1370. The number of hydrogen-bond donors (Lipinski definition) is 1. The zero-order valence-electron chi connectivity index (χ0n) is 19.5. The summed E-state index contributed by atoms with van der Waals surface area (Å²) in [6, 6.07) is 16.3. The van der Waals surface area contributed by atoms with Gasteiger partial charge in [-0.2, -0.15) is 0 Å². The van der Waals surface area contributed by atoms with Gasteiger partial charge in [0.1, 0.15) is 17.1 Å². The summed E-state index contributed by atoms with van der Waals surface area (Å²) in [6.45, 7) is 5.83. The first-order valence-electron chi connectivity index (χ1n) is 10.9. The van der Waals surface area contributed by atoms with E-state index < -0.39 is 12.1 Å². The van der Waals surface area contributed by atoms with Crippen LogP contribution in [0.3, 0.4) is 0 Å². The molecule has 0 radical (unpaired) electrons. The molecule has 0 amide bonds. The van der Waals surface area contributed by atoms with Gasteiger partial charge in [-0.25, -0.2) is 9.78 Å². The Morgan fingerprint density at radius 1 is 1.06 bits per heavy atom.